The molecule has 0 saturated heterocycles. The molecule has 29 heavy (non-hydrogen) atoms. The zero-order chi connectivity index (χ0) is 21.8. The lowest BCUT2D eigenvalue weighted by molar-refractivity contribution is 0.0474. The Balaban J connectivity index is 2.00. The van der Waals surface area contributed by atoms with E-state index in [4.69, 9.17) is 4.74 Å². The van der Waals surface area contributed by atoms with E-state index in [1.807, 2.05) is 19.9 Å². The van der Waals surface area contributed by atoms with Crippen molar-refractivity contribution in [3.63, 3.8) is 0 Å². The van der Waals surface area contributed by atoms with Crippen molar-refractivity contribution >= 4 is 21.6 Å². The molecule has 2 rings (SSSR count). The standard InChI is InChI=1S/C22H29NO5S/c1-15(2)10-11-23-16(3)12-20(17(23)4)21(24)13-28-22(25)19-8-6-18(7-9-19)14-29(5,26)27/h6-9,12,15H,10-11,13-14H2,1-5H3. The zero-order valence-corrected chi connectivity index (χ0v) is 18.5. The second kappa shape index (κ2) is 9.39. The summed E-state index contributed by atoms with van der Waals surface area (Å²) in [7, 11) is -3.14. The molecule has 6 nitrogen and oxygen atoms in total. The van der Waals surface area contributed by atoms with Crippen molar-refractivity contribution in [2.45, 2.75) is 46.4 Å². The molecule has 0 radical (unpaired) electrons. The molecule has 0 spiro atoms. The molecule has 1 aromatic heterocycles. The number of hydrogen-bond acceptors (Lipinski definition) is 5. The number of aryl methyl sites for hydroxylation is 1. The fourth-order valence-corrected chi connectivity index (χ4v) is 3.94. The Morgan fingerprint density at radius 3 is 2.28 bits per heavy atom. The molecule has 0 N–H and O–H groups in total. The highest BCUT2D eigenvalue weighted by Crippen LogP contribution is 2.18. The Kier molecular flexibility index (Phi) is 7.41. The number of ketones is 1. The molecule has 0 aliphatic carbocycles. The molecule has 0 unspecified atom stereocenters. The van der Waals surface area contributed by atoms with Crippen LogP contribution in [0.2, 0.25) is 0 Å². The average Bonchev–Trinajstić information content (AvgIpc) is 2.91. The molecule has 0 saturated carbocycles. The summed E-state index contributed by atoms with van der Waals surface area (Å²) in [5.74, 6) is -0.373. The van der Waals surface area contributed by atoms with Crippen molar-refractivity contribution in [3.8, 4) is 0 Å². The van der Waals surface area contributed by atoms with Crippen molar-refractivity contribution in [2.75, 3.05) is 12.9 Å². The lowest BCUT2D eigenvalue weighted by atomic mass is 10.1. The highest BCUT2D eigenvalue weighted by Gasteiger charge is 2.18. The number of benzene rings is 1. The molecular weight excluding hydrogens is 390 g/mol. The van der Waals surface area contributed by atoms with Gasteiger partial charge in [0.2, 0.25) is 5.78 Å². The first-order valence-corrected chi connectivity index (χ1v) is 11.7. The van der Waals surface area contributed by atoms with Crippen LogP contribution in [0.5, 0.6) is 0 Å². The largest absolute Gasteiger partial charge is 0.454 e. The van der Waals surface area contributed by atoms with Crippen LogP contribution >= 0.6 is 0 Å². The third-order valence-electron chi connectivity index (χ3n) is 4.76. The van der Waals surface area contributed by atoms with Crippen LogP contribution in [-0.2, 0) is 26.9 Å². The number of aromatic nitrogens is 1. The van der Waals surface area contributed by atoms with Gasteiger partial charge in [-0.1, -0.05) is 26.0 Å². The fourth-order valence-electron chi connectivity index (χ4n) is 3.15. The summed E-state index contributed by atoms with van der Waals surface area (Å²) in [5, 5.41) is 0. The molecule has 0 atom stereocenters. The number of Topliss-reactive ketones (excluding diaryl/α,β-unsaturated/α-hetero) is 1. The van der Waals surface area contributed by atoms with Gasteiger partial charge < -0.3 is 9.30 Å². The number of esters is 1. The summed E-state index contributed by atoms with van der Waals surface area (Å²) in [6, 6.07) is 7.99. The van der Waals surface area contributed by atoms with E-state index in [0.29, 0.717) is 17.0 Å². The Morgan fingerprint density at radius 2 is 1.72 bits per heavy atom. The van der Waals surface area contributed by atoms with Crippen LogP contribution in [0, 0.1) is 19.8 Å². The number of rotatable bonds is 9. The van der Waals surface area contributed by atoms with E-state index >= 15 is 0 Å². The number of carbonyl (C=O) groups is 2. The predicted octanol–water partition coefficient (Wildman–Crippen LogP) is 3.74. The molecule has 0 fully saturated rings. The molecule has 0 amide bonds. The molecular formula is C22H29NO5S. The molecule has 7 heteroatoms. The predicted molar refractivity (Wildman–Crippen MR) is 113 cm³/mol. The first kappa shape index (κ1) is 22.9. The first-order valence-electron chi connectivity index (χ1n) is 9.61. The maximum atomic E-state index is 12.6. The van der Waals surface area contributed by atoms with Gasteiger partial charge in [0.15, 0.2) is 16.4 Å². The second-order valence-electron chi connectivity index (χ2n) is 7.89. The lowest BCUT2D eigenvalue weighted by Crippen LogP contribution is -2.15. The minimum Gasteiger partial charge on any atom is -0.454 e. The summed E-state index contributed by atoms with van der Waals surface area (Å²) in [4.78, 5) is 24.8. The second-order valence-corrected chi connectivity index (χ2v) is 10.0. The van der Waals surface area contributed by atoms with Crippen LogP contribution in [0.25, 0.3) is 0 Å². The monoisotopic (exact) mass is 419 g/mol. The zero-order valence-electron chi connectivity index (χ0n) is 17.7. The topological polar surface area (TPSA) is 82.4 Å². The van der Waals surface area contributed by atoms with Gasteiger partial charge in [0.1, 0.15) is 0 Å². The van der Waals surface area contributed by atoms with Gasteiger partial charge in [-0.25, -0.2) is 13.2 Å². The van der Waals surface area contributed by atoms with E-state index in [1.165, 1.54) is 12.1 Å². The summed E-state index contributed by atoms with van der Waals surface area (Å²) >= 11 is 0. The minimum atomic E-state index is -3.14. The number of hydrogen-bond donors (Lipinski definition) is 0. The van der Waals surface area contributed by atoms with Crippen LogP contribution in [0.4, 0.5) is 0 Å². The first-order chi connectivity index (χ1) is 13.5. The van der Waals surface area contributed by atoms with Crippen LogP contribution in [0.1, 0.15) is 57.9 Å². The van der Waals surface area contributed by atoms with E-state index < -0.39 is 15.8 Å². The summed E-state index contributed by atoms with van der Waals surface area (Å²) in [6.07, 6.45) is 2.18. The molecule has 158 valence electrons. The fraction of sp³-hybridized carbons (Fsp3) is 0.455. The van der Waals surface area contributed by atoms with E-state index in [1.54, 1.807) is 12.1 Å². The van der Waals surface area contributed by atoms with Crippen LogP contribution in [-0.4, -0.2) is 37.6 Å². The van der Waals surface area contributed by atoms with Crippen molar-refractivity contribution in [1.82, 2.24) is 4.57 Å². The van der Waals surface area contributed by atoms with Crippen molar-refractivity contribution < 1.29 is 22.7 Å². The van der Waals surface area contributed by atoms with Crippen molar-refractivity contribution in [2.24, 2.45) is 5.92 Å². The van der Waals surface area contributed by atoms with E-state index in [2.05, 4.69) is 18.4 Å². The number of sulfone groups is 1. The van der Waals surface area contributed by atoms with Crippen LogP contribution < -0.4 is 0 Å². The highest BCUT2D eigenvalue weighted by molar-refractivity contribution is 7.89. The van der Waals surface area contributed by atoms with Crippen LogP contribution in [0.15, 0.2) is 30.3 Å². The van der Waals surface area contributed by atoms with Crippen molar-refractivity contribution in [3.05, 3.63) is 58.4 Å². The maximum Gasteiger partial charge on any atom is 0.338 e. The normalized spacial score (nSPS) is 11.7. The SMILES string of the molecule is Cc1cc(C(=O)COC(=O)c2ccc(CS(C)(=O)=O)cc2)c(C)n1CCC(C)C. The summed E-state index contributed by atoms with van der Waals surface area (Å²) in [6.45, 7) is 8.71. The Labute approximate surface area is 172 Å². The van der Waals surface area contributed by atoms with Gasteiger partial charge in [0.25, 0.3) is 0 Å². The van der Waals surface area contributed by atoms with Gasteiger partial charge in [-0.15, -0.1) is 0 Å². The number of nitrogens with zero attached hydrogens (tertiary/aromatic N) is 1. The van der Waals surface area contributed by atoms with Gasteiger partial charge in [0.05, 0.1) is 11.3 Å². The summed E-state index contributed by atoms with van der Waals surface area (Å²) < 4.78 is 29.9. The molecule has 2 aromatic rings. The van der Waals surface area contributed by atoms with Gasteiger partial charge in [0, 0.05) is 29.8 Å². The quantitative estimate of drug-likeness (QED) is 0.457. The summed E-state index contributed by atoms with van der Waals surface area (Å²) in [5.41, 5.74) is 3.34. The van der Waals surface area contributed by atoms with Gasteiger partial charge >= 0.3 is 5.97 Å². The van der Waals surface area contributed by atoms with E-state index in [9.17, 15) is 18.0 Å². The molecule has 1 heterocycles. The number of carbonyl (C=O) groups excluding carboxylic acids is 2. The van der Waals surface area contributed by atoms with Gasteiger partial charge in [-0.05, 0) is 49.9 Å². The van der Waals surface area contributed by atoms with E-state index in [0.717, 1.165) is 30.6 Å². The van der Waals surface area contributed by atoms with Gasteiger partial charge in [-0.3, -0.25) is 4.79 Å². The molecule has 0 bridgehead atoms. The third-order valence-corrected chi connectivity index (χ3v) is 5.61. The van der Waals surface area contributed by atoms with E-state index in [-0.39, 0.29) is 23.7 Å². The number of ether oxygens (including phenoxy) is 1. The van der Waals surface area contributed by atoms with Gasteiger partial charge in [-0.2, -0.15) is 0 Å². The maximum absolute atomic E-state index is 12.6. The van der Waals surface area contributed by atoms with Crippen LogP contribution in [0.3, 0.4) is 0 Å². The third kappa shape index (κ3) is 6.56. The molecule has 0 aliphatic heterocycles. The minimum absolute atomic E-state index is 0.0900. The molecule has 0 aliphatic rings. The molecule has 1 aromatic carbocycles. The Hall–Kier alpha value is -2.41. The Bertz CT molecular complexity index is 985. The highest BCUT2D eigenvalue weighted by atomic mass is 32.2. The lowest BCUT2D eigenvalue weighted by Gasteiger charge is -2.11. The average molecular weight is 420 g/mol. The van der Waals surface area contributed by atoms with Crippen molar-refractivity contribution in [1.29, 1.82) is 0 Å². The smallest absolute Gasteiger partial charge is 0.338 e. The Morgan fingerprint density at radius 1 is 1.10 bits per heavy atom.